The van der Waals surface area contributed by atoms with Gasteiger partial charge >= 0.3 is 0 Å². The molecule has 1 aromatic carbocycles. The lowest BCUT2D eigenvalue weighted by atomic mass is 10.1. The second kappa shape index (κ2) is 4.09. The average Bonchev–Trinajstić information content (AvgIpc) is 2.80. The Labute approximate surface area is 111 Å². The number of benzene rings is 1. The number of aromatic nitrogens is 2. The average molecular weight is 263 g/mol. The summed E-state index contributed by atoms with van der Waals surface area (Å²) in [5, 5.41) is 7.82. The monoisotopic (exact) mass is 262 g/mol. The van der Waals surface area contributed by atoms with Crippen molar-refractivity contribution in [3.63, 3.8) is 0 Å². The summed E-state index contributed by atoms with van der Waals surface area (Å²) in [6, 6.07) is 9.78. The van der Waals surface area contributed by atoms with Gasteiger partial charge in [-0.15, -0.1) is 21.8 Å². The highest BCUT2D eigenvalue weighted by Gasteiger charge is 2.50. The van der Waals surface area contributed by atoms with E-state index < -0.39 is 0 Å². The first-order chi connectivity index (χ1) is 8.58. The smallest absolute Gasteiger partial charge is 0.238 e. The van der Waals surface area contributed by atoms with Crippen LogP contribution >= 0.6 is 11.6 Å². The van der Waals surface area contributed by atoms with Crippen LogP contribution in [0.3, 0.4) is 0 Å². The van der Waals surface area contributed by atoms with E-state index in [-0.39, 0.29) is 5.38 Å². The van der Waals surface area contributed by atoms with Gasteiger partial charge in [-0.25, -0.2) is 0 Å². The maximum atomic E-state index is 6.34. The van der Waals surface area contributed by atoms with Crippen LogP contribution in [0.1, 0.15) is 48.9 Å². The molecule has 0 spiro atoms. The third kappa shape index (κ3) is 2.03. The topological polar surface area (TPSA) is 38.9 Å². The highest BCUT2D eigenvalue weighted by Crippen LogP contribution is 2.58. The Morgan fingerprint density at radius 2 is 1.94 bits per heavy atom. The van der Waals surface area contributed by atoms with Gasteiger partial charge in [-0.1, -0.05) is 44.2 Å². The van der Waals surface area contributed by atoms with Crippen LogP contribution in [0.25, 0.3) is 0 Å². The molecule has 0 bridgehead atoms. The van der Waals surface area contributed by atoms with Gasteiger partial charge in [0.15, 0.2) is 0 Å². The van der Waals surface area contributed by atoms with Crippen molar-refractivity contribution < 1.29 is 4.42 Å². The van der Waals surface area contributed by atoms with Gasteiger partial charge in [-0.05, 0) is 17.4 Å². The molecule has 2 unspecified atom stereocenters. The normalized spacial score (nSPS) is 22.7. The Balaban J connectivity index is 1.82. The first kappa shape index (κ1) is 11.7. The highest BCUT2D eigenvalue weighted by atomic mass is 35.5. The first-order valence-electron chi connectivity index (χ1n) is 6.10. The zero-order valence-electron chi connectivity index (χ0n) is 10.4. The van der Waals surface area contributed by atoms with E-state index in [1.54, 1.807) is 0 Å². The molecule has 1 aliphatic carbocycles. The lowest BCUT2D eigenvalue weighted by Gasteiger charge is -2.04. The van der Waals surface area contributed by atoms with Crippen molar-refractivity contribution in [1.29, 1.82) is 0 Å². The van der Waals surface area contributed by atoms with Gasteiger partial charge in [-0.2, -0.15) is 0 Å². The van der Waals surface area contributed by atoms with Crippen molar-refractivity contribution in [2.75, 3.05) is 0 Å². The van der Waals surface area contributed by atoms with E-state index in [9.17, 15) is 0 Å². The molecule has 2 aromatic rings. The van der Waals surface area contributed by atoms with Crippen molar-refractivity contribution in [3.05, 3.63) is 47.7 Å². The second-order valence-electron chi connectivity index (χ2n) is 5.50. The number of hydrogen-bond donors (Lipinski definition) is 0. The minimum atomic E-state index is -0.366. The molecule has 0 amide bonds. The summed E-state index contributed by atoms with van der Waals surface area (Å²) in [4.78, 5) is 0. The molecule has 94 valence electrons. The number of rotatable bonds is 3. The standard InChI is InChI=1S/C14H15ClN2O/c1-14(2)8-10(14)12-16-17-13(18-12)11(15)9-6-4-3-5-7-9/h3-7,10-11H,8H2,1-2H3. The fraction of sp³-hybridized carbons (Fsp3) is 0.429. The van der Waals surface area contributed by atoms with E-state index in [0.29, 0.717) is 17.2 Å². The molecule has 0 N–H and O–H groups in total. The largest absolute Gasteiger partial charge is 0.423 e. The van der Waals surface area contributed by atoms with Crippen molar-refractivity contribution >= 4 is 11.6 Å². The van der Waals surface area contributed by atoms with Gasteiger partial charge < -0.3 is 4.42 Å². The first-order valence-corrected chi connectivity index (χ1v) is 6.54. The van der Waals surface area contributed by atoms with Gasteiger partial charge in [0.1, 0.15) is 5.38 Å². The van der Waals surface area contributed by atoms with Crippen LogP contribution in [-0.4, -0.2) is 10.2 Å². The van der Waals surface area contributed by atoms with Crippen LogP contribution < -0.4 is 0 Å². The van der Waals surface area contributed by atoms with E-state index >= 15 is 0 Å². The molecular formula is C14H15ClN2O. The third-order valence-corrected chi connectivity index (χ3v) is 4.02. The minimum Gasteiger partial charge on any atom is -0.423 e. The van der Waals surface area contributed by atoms with Crippen LogP contribution in [0.5, 0.6) is 0 Å². The molecule has 3 rings (SSSR count). The Kier molecular flexibility index (Phi) is 2.67. The van der Waals surface area contributed by atoms with Crippen molar-refractivity contribution in [1.82, 2.24) is 10.2 Å². The maximum absolute atomic E-state index is 6.34. The molecule has 1 aromatic heterocycles. The second-order valence-corrected chi connectivity index (χ2v) is 5.93. The molecule has 0 radical (unpaired) electrons. The molecule has 0 saturated heterocycles. The van der Waals surface area contributed by atoms with Gasteiger partial charge in [0, 0.05) is 5.92 Å². The fourth-order valence-electron chi connectivity index (χ4n) is 2.14. The molecule has 3 nitrogen and oxygen atoms in total. The number of hydrogen-bond acceptors (Lipinski definition) is 3. The Morgan fingerprint density at radius 3 is 2.56 bits per heavy atom. The Bertz CT molecular complexity index is 550. The molecule has 1 aliphatic rings. The van der Waals surface area contributed by atoms with Crippen molar-refractivity contribution in [2.45, 2.75) is 31.6 Å². The fourth-order valence-corrected chi connectivity index (χ4v) is 2.38. The maximum Gasteiger partial charge on any atom is 0.238 e. The van der Waals surface area contributed by atoms with Crippen molar-refractivity contribution in [2.24, 2.45) is 5.41 Å². The van der Waals surface area contributed by atoms with Gasteiger partial charge in [-0.3, -0.25) is 0 Å². The number of alkyl halides is 1. The molecule has 1 heterocycles. The summed E-state index contributed by atoms with van der Waals surface area (Å²) < 4.78 is 5.71. The molecule has 2 atom stereocenters. The van der Waals surface area contributed by atoms with Crippen LogP contribution in [0, 0.1) is 5.41 Å². The summed E-state index contributed by atoms with van der Waals surface area (Å²) in [6.45, 7) is 4.41. The van der Waals surface area contributed by atoms with Crippen LogP contribution in [-0.2, 0) is 0 Å². The number of nitrogens with zero attached hydrogens (tertiary/aromatic N) is 2. The highest BCUT2D eigenvalue weighted by molar-refractivity contribution is 6.22. The van der Waals surface area contributed by atoms with E-state index in [1.807, 2.05) is 30.3 Å². The zero-order chi connectivity index (χ0) is 12.8. The van der Waals surface area contributed by atoms with E-state index in [2.05, 4.69) is 24.0 Å². The van der Waals surface area contributed by atoms with Crippen LogP contribution in [0.2, 0.25) is 0 Å². The lowest BCUT2D eigenvalue weighted by molar-refractivity contribution is 0.436. The molecule has 0 aliphatic heterocycles. The summed E-state index contributed by atoms with van der Waals surface area (Å²) >= 11 is 6.34. The van der Waals surface area contributed by atoms with Crippen molar-refractivity contribution in [3.8, 4) is 0 Å². The van der Waals surface area contributed by atoms with Crippen LogP contribution in [0.15, 0.2) is 34.7 Å². The Morgan fingerprint density at radius 1 is 1.28 bits per heavy atom. The molecular weight excluding hydrogens is 248 g/mol. The van der Waals surface area contributed by atoms with E-state index in [0.717, 1.165) is 17.9 Å². The van der Waals surface area contributed by atoms with Gasteiger partial charge in [0.2, 0.25) is 11.8 Å². The molecule has 18 heavy (non-hydrogen) atoms. The van der Waals surface area contributed by atoms with Gasteiger partial charge in [0.05, 0.1) is 0 Å². The predicted octanol–water partition coefficient (Wildman–Crippen LogP) is 3.91. The zero-order valence-corrected chi connectivity index (χ0v) is 11.2. The quantitative estimate of drug-likeness (QED) is 0.787. The third-order valence-electron chi connectivity index (χ3n) is 3.58. The molecule has 1 saturated carbocycles. The summed E-state index contributed by atoms with van der Waals surface area (Å²) in [5.41, 5.74) is 1.27. The summed E-state index contributed by atoms with van der Waals surface area (Å²) in [5.74, 6) is 1.59. The predicted molar refractivity (Wildman–Crippen MR) is 69.6 cm³/mol. The lowest BCUT2D eigenvalue weighted by Crippen LogP contribution is -1.92. The molecule has 4 heteroatoms. The SMILES string of the molecule is CC1(C)CC1c1nnc(C(Cl)c2ccccc2)o1. The summed E-state index contributed by atoms with van der Waals surface area (Å²) in [6.07, 6.45) is 1.10. The van der Waals surface area contributed by atoms with E-state index in [1.165, 1.54) is 0 Å². The summed E-state index contributed by atoms with van der Waals surface area (Å²) in [7, 11) is 0. The molecule has 1 fully saturated rings. The van der Waals surface area contributed by atoms with Crippen LogP contribution in [0.4, 0.5) is 0 Å². The Hall–Kier alpha value is -1.35. The minimum absolute atomic E-state index is 0.290. The van der Waals surface area contributed by atoms with Gasteiger partial charge in [0.25, 0.3) is 0 Å². The van der Waals surface area contributed by atoms with E-state index in [4.69, 9.17) is 16.0 Å². The number of halogens is 1.